The third-order valence-corrected chi connectivity index (χ3v) is 3.82. The molecule has 1 aromatic carbocycles. The molecular formula is C17H18O5. The van der Waals surface area contributed by atoms with Crippen LogP contribution in [0.3, 0.4) is 0 Å². The van der Waals surface area contributed by atoms with Crippen molar-refractivity contribution in [3.05, 3.63) is 28.5 Å². The third-order valence-electron chi connectivity index (χ3n) is 3.82. The van der Waals surface area contributed by atoms with Gasteiger partial charge in [0.15, 0.2) is 5.78 Å². The molecule has 0 aliphatic heterocycles. The molecule has 0 unspecified atom stereocenters. The molecule has 0 atom stereocenters. The van der Waals surface area contributed by atoms with E-state index >= 15 is 0 Å². The van der Waals surface area contributed by atoms with Crippen molar-refractivity contribution < 1.29 is 23.9 Å². The van der Waals surface area contributed by atoms with Gasteiger partial charge in [0.05, 0.1) is 0 Å². The summed E-state index contributed by atoms with van der Waals surface area (Å²) in [5.41, 5.74) is 1.26. The van der Waals surface area contributed by atoms with Crippen molar-refractivity contribution in [2.75, 3.05) is 0 Å². The van der Waals surface area contributed by atoms with Crippen molar-refractivity contribution in [3.63, 3.8) is 0 Å². The van der Waals surface area contributed by atoms with Gasteiger partial charge in [0.1, 0.15) is 40.1 Å². The Kier molecular flexibility index (Phi) is 3.92. The molecule has 2 aromatic rings. The van der Waals surface area contributed by atoms with Crippen LogP contribution in [-0.2, 0) is 9.59 Å². The standard InChI is InChI=1S/C17H18O5/c1-7-6-12-15(13(8(2)18)9(3)19)11(5)22-17(12)14(10(4)20)16(7)21/h6,13,21H,1-5H3. The van der Waals surface area contributed by atoms with Crippen LogP contribution in [0, 0.1) is 13.8 Å². The average molecular weight is 302 g/mol. The summed E-state index contributed by atoms with van der Waals surface area (Å²) in [6.07, 6.45) is 0. The van der Waals surface area contributed by atoms with Gasteiger partial charge in [0.2, 0.25) is 0 Å². The maximum atomic E-state index is 11.9. The van der Waals surface area contributed by atoms with Gasteiger partial charge < -0.3 is 9.52 Å². The maximum Gasteiger partial charge on any atom is 0.167 e. The third kappa shape index (κ3) is 2.32. The minimum atomic E-state index is -0.926. The van der Waals surface area contributed by atoms with Crippen molar-refractivity contribution in [1.82, 2.24) is 0 Å². The summed E-state index contributed by atoms with van der Waals surface area (Å²) in [7, 11) is 0. The number of aromatic hydroxyl groups is 1. The zero-order valence-corrected chi connectivity index (χ0v) is 13.2. The average Bonchev–Trinajstić information content (AvgIpc) is 2.66. The molecule has 22 heavy (non-hydrogen) atoms. The summed E-state index contributed by atoms with van der Waals surface area (Å²) in [4.78, 5) is 35.6. The number of carbonyl (C=O) groups is 3. The monoisotopic (exact) mass is 302 g/mol. The van der Waals surface area contributed by atoms with Gasteiger partial charge >= 0.3 is 0 Å². The number of Topliss-reactive ketones (excluding diaryl/α,β-unsaturated/α-hetero) is 3. The van der Waals surface area contributed by atoms with Gasteiger partial charge in [-0.05, 0) is 46.2 Å². The van der Waals surface area contributed by atoms with Crippen LogP contribution < -0.4 is 0 Å². The Morgan fingerprint density at radius 2 is 1.64 bits per heavy atom. The number of aryl methyl sites for hydroxylation is 2. The molecule has 2 rings (SSSR count). The SMILES string of the molecule is CC(=O)c1c(O)c(C)cc2c(C(C(C)=O)C(C)=O)c(C)oc12. The fourth-order valence-electron chi connectivity index (χ4n) is 2.87. The second-order valence-corrected chi connectivity index (χ2v) is 5.58. The number of hydrogen-bond acceptors (Lipinski definition) is 5. The lowest BCUT2D eigenvalue weighted by molar-refractivity contribution is -0.126. The van der Waals surface area contributed by atoms with Crippen LogP contribution in [0.25, 0.3) is 11.0 Å². The van der Waals surface area contributed by atoms with Gasteiger partial charge in [0, 0.05) is 10.9 Å². The van der Waals surface area contributed by atoms with Crippen molar-refractivity contribution in [2.45, 2.75) is 40.5 Å². The first-order valence-electron chi connectivity index (χ1n) is 6.94. The number of hydrogen-bond donors (Lipinski definition) is 1. The first kappa shape index (κ1) is 15.9. The Hall–Kier alpha value is -2.43. The molecule has 0 amide bonds. The first-order valence-corrected chi connectivity index (χ1v) is 6.94. The highest BCUT2D eigenvalue weighted by atomic mass is 16.3. The van der Waals surface area contributed by atoms with Gasteiger partial charge in [0.25, 0.3) is 0 Å². The zero-order valence-electron chi connectivity index (χ0n) is 13.2. The van der Waals surface area contributed by atoms with Crippen LogP contribution in [0.2, 0.25) is 0 Å². The van der Waals surface area contributed by atoms with E-state index < -0.39 is 5.92 Å². The highest BCUT2D eigenvalue weighted by Crippen LogP contribution is 2.39. The Morgan fingerprint density at radius 3 is 2.09 bits per heavy atom. The lowest BCUT2D eigenvalue weighted by Gasteiger charge is -2.11. The summed E-state index contributed by atoms with van der Waals surface area (Å²) in [5.74, 6) is -1.57. The van der Waals surface area contributed by atoms with Crippen molar-refractivity contribution in [3.8, 4) is 5.75 Å². The highest BCUT2D eigenvalue weighted by molar-refractivity contribution is 6.13. The fourth-order valence-corrected chi connectivity index (χ4v) is 2.87. The summed E-state index contributed by atoms with van der Waals surface area (Å²) in [6.45, 7) is 7.33. The largest absolute Gasteiger partial charge is 0.507 e. The van der Waals surface area contributed by atoms with Crippen LogP contribution in [0.4, 0.5) is 0 Å². The number of ketones is 3. The van der Waals surface area contributed by atoms with E-state index in [0.717, 1.165) is 0 Å². The number of benzene rings is 1. The van der Waals surface area contributed by atoms with Gasteiger partial charge in [-0.25, -0.2) is 0 Å². The Balaban J connectivity index is 2.94. The summed E-state index contributed by atoms with van der Waals surface area (Å²) in [5, 5.41) is 10.6. The Morgan fingerprint density at radius 1 is 1.09 bits per heavy atom. The molecule has 0 aliphatic rings. The van der Waals surface area contributed by atoms with Crippen LogP contribution in [0.1, 0.15) is 53.9 Å². The van der Waals surface area contributed by atoms with Crippen LogP contribution in [0.5, 0.6) is 5.75 Å². The minimum Gasteiger partial charge on any atom is -0.507 e. The first-order chi connectivity index (χ1) is 10.2. The van der Waals surface area contributed by atoms with E-state index in [1.54, 1.807) is 19.9 Å². The van der Waals surface area contributed by atoms with Crippen molar-refractivity contribution in [1.29, 1.82) is 0 Å². The van der Waals surface area contributed by atoms with E-state index in [-0.39, 0.29) is 34.2 Å². The molecule has 0 fully saturated rings. The lowest BCUT2D eigenvalue weighted by Crippen LogP contribution is -2.17. The number of phenolic OH excluding ortho intramolecular Hbond substituents is 1. The smallest absolute Gasteiger partial charge is 0.167 e. The second-order valence-electron chi connectivity index (χ2n) is 5.58. The minimum absolute atomic E-state index is 0.0789. The maximum absolute atomic E-state index is 11.9. The molecule has 5 heteroatoms. The Labute approximate surface area is 127 Å². The van der Waals surface area contributed by atoms with Crippen LogP contribution in [0.15, 0.2) is 10.5 Å². The number of rotatable bonds is 4. The molecule has 0 spiro atoms. The molecule has 1 aromatic heterocycles. The second kappa shape index (κ2) is 5.40. The molecule has 0 aliphatic carbocycles. The topological polar surface area (TPSA) is 84.6 Å². The van der Waals surface area contributed by atoms with Crippen molar-refractivity contribution >= 4 is 28.3 Å². The van der Waals surface area contributed by atoms with Gasteiger partial charge in [-0.3, -0.25) is 14.4 Å². The van der Waals surface area contributed by atoms with Gasteiger partial charge in [-0.15, -0.1) is 0 Å². The van der Waals surface area contributed by atoms with Gasteiger partial charge in [-0.1, -0.05) is 0 Å². The molecule has 1 heterocycles. The molecular weight excluding hydrogens is 284 g/mol. The molecule has 0 radical (unpaired) electrons. The normalized spacial score (nSPS) is 11.2. The van der Waals surface area contributed by atoms with E-state index in [1.165, 1.54) is 20.8 Å². The van der Waals surface area contributed by atoms with E-state index in [0.29, 0.717) is 22.3 Å². The van der Waals surface area contributed by atoms with E-state index in [4.69, 9.17) is 4.42 Å². The predicted octanol–water partition coefficient (Wildman–Crippen LogP) is 3.22. The molecule has 1 N–H and O–H groups in total. The van der Waals surface area contributed by atoms with E-state index in [9.17, 15) is 19.5 Å². The summed E-state index contributed by atoms with van der Waals surface area (Å²) >= 11 is 0. The fraction of sp³-hybridized carbons (Fsp3) is 0.353. The number of fused-ring (bicyclic) bond motifs is 1. The van der Waals surface area contributed by atoms with E-state index in [1.807, 2.05) is 0 Å². The summed E-state index contributed by atoms with van der Waals surface area (Å²) in [6, 6.07) is 1.64. The highest BCUT2D eigenvalue weighted by Gasteiger charge is 2.30. The zero-order chi connectivity index (χ0) is 16.8. The van der Waals surface area contributed by atoms with E-state index in [2.05, 4.69) is 0 Å². The quantitative estimate of drug-likeness (QED) is 0.692. The number of furan rings is 1. The molecule has 5 nitrogen and oxygen atoms in total. The molecule has 0 saturated heterocycles. The predicted molar refractivity (Wildman–Crippen MR) is 81.5 cm³/mol. The number of phenols is 1. The number of carbonyl (C=O) groups excluding carboxylic acids is 3. The Bertz CT molecular complexity index is 796. The van der Waals surface area contributed by atoms with Crippen LogP contribution >= 0.6 is 0 Å². The molecule has 116 valence electrons. The molecule has 0 bridgehead atoms. The summed E-state index contributed by atoms with van der Waals surface area (Å²) < 4.78 is 5.62. The van der Waals surface area contributed by atoms with Gasteiger partial charge in [-0.2, -0.15) is 0 Å². The molecule has 0 saturated carbocycles. The van der Waals surface area contributed by atoms with Crippen molar-refractivity contribution in [2.24, 2.45) is 0 Å². The van der Waals surface area contributed by atoms with Crippen LogP contribution in [-0.4, -0.2) is 22.5 Å². The lowest BCUT2D eigenvalue weighted by atomic mass is 9.88.